The zero-order valence-electron chi connectivity index (χ0n) is 11.9. The van der Waals surface area contributed by atoms with Crippen molar-refractivity contribution in [3.63, 3.8) is 0 Å². The summed E-state index contributed by atoms with van der Waals surface area (Å²) in [4.78, 5) is 0. The highest BCUT2D eigenvalue weighted by Crippen LogP contribution is 2.45. The van der Waals surface area contributed by atoms with Crippen LogP contribution in [0.4, 0.5) is 0 Å². The quantitative estimate of drug-likeness (QED) is 0.720. The first-order chi connectivity index (χ1) is 9.31. The zero-order chi connectivity index (χ0) is 13.2. The molecular weight excluding hydrogens is 240 g/mol. The first-order valence-electron chi connectivity index (χ1n) is 7.85. The third-order valence-electron chi connectivity index (χ3n) is 4.61. The van der Waals surface area contributed by atoms with Crippen LogP contribution in [0.5, 0.6) is 0 Å². The van der Waals surface area contributed by atoms with E-state index in [2.05, 4.69) is 6.08 Å². The molecule has 3 rings (SSSR count). The van der Waals surface area contributed by atoms with E-state index in [4.69, 9.17) is 9.47 Å². The Kier molecular flexibility index (Phi) is 4.25. The Bertz CT molecular complexity index is 331. The summed E-state index contributed by atoms with van der Waals surface area (Å²) >= 11 is 0. The van der Waals surface area contributed by atoms with Crippen molar-refractivity contribution in [1.29, 1.82) is 0 Å². The number of ether oxygens (including phenoxy) is 2. The summed E-state index contributed by atoms with van der Waals surface area (Å²) in [6.45, 7) is 3.84. The molecule has 3 aliphatic rings. The maximum atomic E-state index is 9.45. The van der Waals surface area contributed by atoms with Gasteiger partial charge in [-0.3, -0.25) is 0 Å². The fraction of sp³-hybridized carbons (Fsp3) is 0.875. The molecule has 0 saturated heterocycles. The van der Waals surface area contributed by atoms with Crippen LogP contribution in [-0.4, -0.2) is 37.1 Å². The van der Waals surface area contributed by atoms with Crippen molar-refractivity contribution in [1.82, 2.24) is 0 Å². The van der Waals surface area contributed by atoms with Gasteiger partial charge in [0, 0.05) is 19.1 Å². The largest absolute Gasteiger partial charge is 0.392 e. The predicted molar refractivity (Wildman–Crippen MR) is 73.9 cm³/mol. The Hall–Kier alpha value is -0.380. The molecule has 0 aromatic heterocycles. The van der Waals surface area contributed by atoms with E-state index in [1.165, 1.54) is 25.7 Å². The number of aliphatic hydroxyl groups is 1. The monoisotopic (exact) mass is 266 g/mol. The second-order valence-corrected chi connectivity index (χ2v) is 6.34. The average Bonchev–Trinajstić information content (AvgIpc) is 3.29. The van der Waals surface area contributed by atoms with Crippen molar-refractivity contribution in [3.8, 4) is 0 Å². The van der Waals surface area contributed by atoms with Crippen molar-refractivity contribution in [2.75, 3.05) is 19.8 Å². The Balaban J connectivity index is 1.70. The molecule has 1 unspecified atom stereocenters. The van der Waals surface area contributed by atoms with Crippen LogP contribution in [0.3, 0.4) is 0 Å². The Morgan fingerprint density at radius 1 is 1.21 bits per heavy atom. The Labute approximate surface area is 116 Å². The average molecular weight is 266 g/mol. The van der Waals surface area contributed by atoms with Crippen LogP contribution in [-0.2, 0) is 9.47 Å². The van der Waals surface area contributed by atoms with Gasteiger partial charge in [0.15, 0.2) is 0 Å². The molecule has 0 bridgehead atoms. The SMILES string of the molecule is CCO[C@@H]1CC(CO)=C[C@H](C2CC2)C1OCC1CC1. The van der Waals surface area contributed by atoms with Crippen LogP contribution in [0.2, 0.25) is 0 Å². The maximum absolute atomic E-state index is 9.45. The van der Waals surface area contributed by atoms with Gasteiger partial charge in [-0.15, -0.1) is 0 Å². The summed E-state index contributed by atoms with van der Waals surface area (Å²) in [7, 11) is 0. The van der Waals surface area contributed by atoms with Gasteiger partial charge < -0.3 is 14.6 Å². The molecule has 0 radical (unpaired) electrons. The molecule has 0 aromatic rings. The van der Waals surface area contributed by atoms with Crippen LogP contribution in [0.15, 0.2) is 11.6 Å². The van der Waals surface area contributed by atoms with Gasteiger partial charge in [0.2, 0.25) is 0 Å². The molecule has 3 atom stereocenters. The highest BCUT2D eigenvalue weighted by atomic mass is 16.5. The number of aliphatic hydroxyl groups excluding tert-OH is 1. The molecule has 0 spiro atoms. The standard InChI is InChI=1S/C16H26O3/c1-2-18-15-8-12(9-17)7-14(13-5-6-13)16(15)19-10-11-3-4-11/h7,11,13-17H,2-6,8-10H2,1H3/t14-,15-,16?/m1/s1. The molecule has 0 heterocycles. The highest BCUT2D eigenvalue weighted by Gasteiger charge is 2.43. The van der Waals surface area contributed by atoms with Gasteiger partial charge in [0.25, 0.3) is 0 Å². The highest BCUT2D eigenvalue weighted by molar-refractivity contribution is 5.16. The molecule has 2 saturated carbocycles. The summed E-state index contributed by atoms with van der Waals surface area (Å²) in [5.41, 5.74) is 1.14. The molecule has 1 N–H and O–H groups in total. The van der Waals surface area contributed by atoms with Crippen molar-refractivity contribution >= 4 is 0 Å². The summed E-state index contributed by atoms with van der Waals surface area (Å²) in [5, 5.41) is 9.45. The zero-order valence-corrected chi connectivity index (χ0v) is 11.9. The molecule has 19 heavy (non-hydrogen) atoms. The summed E-state index contributed by atoms with van der Waals surface area (Å²) in [6, 6.07) is 0. The van der Waals surface area contributed by atoms with Crippen molar-refractivity contribution < 1.29 is 14.6 Å². The van der Waals surface area contributed by atoms with E-state index in [1.807, 2.05) is 6.92 Å². The predicted octanol–water partition coefficient (Wildman–Crippen LogP) is 2.54. The third kappa shape index (κ3) is 3.39. The van der Waals surface area contributed by atoms with E-state index in [9.17, 15) is 5.11 Å². The lowest BCUT2D eigenvalue weighted by atomic mass is 9.82. The second kappa shape index (κ2) is 5.94. The van der Waals surface area contributed by atoms with Crippen LogP contribution in [0.25, 0.3) is 0 Å². The lowest BCUT2D eigenvalue weighted by molar-refractivity contribution is -0.0987. The minimum Gasteiger partial charge on any atom is -0.392 e. The van der Waals surface area contributed by atoms with Gasteiger partial charge in [-0.1, -0.05) is 6.08 Å². The van der Waals surface area contributed by atoms with E-state index in [0.29, 0.717) is 5.92 Å². The van der Waals surface area contributed by atoms with E-state index in [0.717, 1.165) is 37.0 Å². The molecule has 2 fully saturated rings. The molecular formula is C16H26O3. The minimum absolute atomic E-state index is 0.140. The maximum Gasteiger partial charge on any atom is 0.0905 e. The first-order valence-corrected chi connectivity index (χ1v) is 7.85. The Morgan fingerprint density at radius 2 is 2.00 bits per heavy atom. The van der Waals surface area contributed by atoms with Gasteiger partial charge in [-0.25, -0.2) is 0 Å². The summed E-state index contributed by atoms with van der Waals surface area (Å²) < 4.78 is 12.1. The molecule has 3 nitrogen and oxygen atoms in total. The van der Waals surface area contributed by atoms with E-state index in [-0.39, 0.29) is 18.8 Å². The molecule has 3 heteroatoms. The molecule has 108 valence electrons. The molecule has 0 aromatic carbocycles. The first kappa shape index (κ1) is 13.6. The minimum atomic E-state index is 0.140. The number of rotatable bonds is 7. The van der Waals surface area contributed by atoms with Crippen molar-refractivity contribution in [2.24, 2.45) is 17.8 Å². The van der Waals surface area contributed by atoms with Crippen LogP contribution >= 0.6 is 0 Å². The smallest absolute Gasteiger partial charge is 0.0905 e. The van der Waals surface area contributed by atoms with Gasteiger partial charge in [0.1, 0.15) is 0 Å². The fourth-order valence-electron chi connectivity index (χ4n) is 3.18. The molecule has 0 amide bonds. The van der Waals surface area contributed by atoms with Crippen molar-refractivity contribution in [2.45, 2.75) is 51.2 Å². The van der Waals surface area contributed by atoms with Gasteiger partial charge >= 0.3 is 0 Å². The topological polar surface area (TPSA) is 38.7 Å². The lowest BCUT2D eigenvalue weighted by Gasteiger charge is -2.37. The van der Waals surface area contributed by atoms with Crippen LogP contribution in [0.1, 0.15) is 39.0 Å². The second-order valence-electron chi connectivity index (χ2n) is 6.34. The number of hydrogen-bond acceptors (Lipinski definition) is 3. The summed E-state index contributed by atoms with van der Waals surface area (Å²) in [5.74, 6) is 2.02. The van der Waals surface area contributed by atoms with E-state index < -0.39 is 0 Å². The lowest BCUT2D eigenvalue weighted by Crippen LogP contribution is -2.42. The van der Waals surface area contributed by atoms with Gasteiger partial charge in [-0.05, 0) is 56.4 Å². The molecule has 3 aliphatic carbocycles. The van der Waals surface area contributed by atoms with Gasteiger partial charge in [-0.2, -0.15) is 0 Å². The molecule has 0 aliphatic heterocycles. The number of hydrogen-bond donors (Lipinski definition) is 1. The summed E-state index contributed by atoms with van der Waals surface area (Å²) in [6.07, 6.45) is 8.75. The van der Waals surface area contributed by atoms with Crippen molar-refractivity contribution in [3.05, 3.63) is 11.6 Å². The fourth-order valence-corrected chi connectivity index (χ4v) is 3.18. The third-order valence-corrected chi connectivity index (χ3v) is 4.61. The van der Waals surface area contributed by atoms with Crippen LogP contribution < -0.4 is 0 Å². The van der Waals surface area contributed by atoms with Crippen LogP contribution in [0, 0.1) is 17.8 Å². The Morgan fingerprint density at radius 3 is 2.58 bits per heavy atom. The van der Waals surface area contributed by atoms with E-state index >= 15 is 0 Å². The van der Waals surface area contributed by atoms with Gasteiger partial charge in [0.05, 0.1) is 18.8 Å². The normalized spacial score (nSPS) is 35.3. The van der Waals surface area contributed by atoms with E-state index in [1.54, 1.807) is 0 Å².